The van der Waals surface area contributed by atoms with Crippen molar-refractivity contribution in [3.8, 4) is 0 Å². The molecule has 0 bridgehead atoms. The van der Waals surface area contributed by atoms with E-state index in [9.17, 15) is 17.6 Å². The fourth-order valence-corrected chi connectivity index (χ4v) is 5.06. The minimum Gasteiger partial charge on any atom is -0.352 e. The maximum absolute atomic E-state index is 12.9. The average molecular weight is 405 g/mol. The van der Waals surface area contributed by atoms with Crippen LogP contribution in [-0.4, -0.2) is 31.7 Å². The Kier molecular flexibility index (Phi) is 6.46. The van der Waals surface area contributed by atoms with Crippen LogP contribution in [0.1, 0.15) is 29.5 Å². The van der Waals surface area contributed by atoms with Crippen molar-refractivity contribution in [2.75, 3.05) is 13.1 Å². The highest BCUT2D eigenvalue weighted by atomic mass is 32.2. The molecule has 1 saturated heterocycles. The summed E-state index contributed by atoms with van der Waals surface area (Å²) in [6.45, 7) is 2.94. The van der Waals surface area contributed by atoms with Gasteiger partial charge in [-0.15, -0.1) is 0 Å². The zero-order chi connectivity index (χ0) is 20.1. The molecule has 0 aromatic heterocycles. The molecule has 5 nitrogen and oxygen atoms in total. The number of nitrogens with zero attached hydrogens (tertiary/aromatic N) is 1. The number of carbonyl (C=O) groups is 1. The van der Waals surface area contributed by atoms with Crippen LogP contribution in [0.25, 0.3) is 0 Å². The van der Waals surface area contributed by atoms with E-state index in [0.29, 0.717) is 32.5 Å². The number of aryl methyl sites for hydroxylation is 1. The minimum absolute atomic E-state index is 0.0128. The van der Waals surface area contributed by atoms with Crippen LogP contribution in [0, 0.1) is 18.7 Å². The lowest BCUT2D eigenvalue weighted by molar-refractivity contribution is -0.126. The first-order valence-electron chi connectivity index (χ1n) is 9.39. The van der Waals surface area contributed by atoms with E-state index in [4.69, 9.17) is 0 Å². The maximum atomic E-state index is 12.9. The van der Waals surface area contributed by atoms with Crippen molar-refractivity contribution in [3.05, 3.63) is 71.0 Å². The number of rotatable bonds is 6. The Labute approximate surface area is 165 Å². The zero-order valence-electron chi connectivity index (χ0n) is 15.9. The number of benzene rings is 2. The van der Waals surface area contributed by atoms with Gasteiger partial charge in [0.25, 0.3) is 0 Å². The van der Waals surface area contributed by atoms with Gasteiger partial charge in [-0.25, -0.2) is 17.1 Å². The molecule has 0 saturated carbocycles. The summed E-state index contributed by atoms with van der Waals surface area (Å²) >= 11 is 0. The Morgan fingerprint density at radius 1 is 1.11 bits per heavy atom. The molecule has 2 aromatic rings. The predicted molar refractivity (Wildman–Crippen MR) is 106 cm³/mol. The summed E-state index contributed by atoms with van der Waals surface area (Å²) in [6.07, 6.45) is 1.00. The highest BCUT2D eigenvalue weighted by Gasteiger charge is 2.31. The normalized spacial score (nSPS) is 16.1. The molecule has 0 spiro atoms. The van der Waals surface area contributed by atoms with Gasteiger partial charge in [-0.3, -0.25) is 4.79 Å². The smallest absolute Gasteiger partial charge is 0.223 e. The summed E-state index contributed by atoms with van der Waals surface area (Å²) in [5.74, 6) is -0.610. The quantitative estimate of drug-likeness (QED) is 0.805. The lowest BCUT2D eigenvalue weighted by Crippen LogP contribution is -2.43. The number of piperidine rings is 1. The molecule has 0 aliphatic carbocycles. The number of nitrogens with one attached hydrogen (secondary N) is 1. The van der Waals surface area contributed by atoms with Crippen molar-refractivity contribution in [1.29, 1.82) is 0 Å². The van der Waals surface area contributed by atoms with Crippen LogP contribution in [0.5, 0.6) is 0 Å². The molecule has 0 atom stereocenters. The third-order valence-electron chi connectivity index (χ3n) is 5.20. The molecule has 0 unspecified atom stereocenters. The highest BCUT2D eigenvalue weighted by molar-refractivity contribution is 7.88. The van der Waals surface area contributed by atoms with Gasteiger partial charge >= 0.3 is 0 Å². The molecule has 1 aliphatic heterocycles. The Hall–Kier alpha value is -2.25. The number of carbonyl (C=O) groups excluding carboxylic acids is 1. The standard InChI is InChI=1S/C21H25FN2O3S/c1-16-4-2-3-5-19(16)15-28(26,27)24-12-10-18(11-13-24)21(25)23-14-17-6-8-20(22)9-7-17/h2-9,18H,10-15H2,1H3,(H,23,25). The third kappa shape index (κ3) is 5.17. The first-order chi connectivity index (χ1) is 13.3. The second-order valence-corrected chi connectivity index (χ2v) is 9.17. The molecule has 1 fully saturated rings. The van der Waals surface area contributed by atoms with Crippen LogP contribution in [0.2, 0.25) is 0 Å². The number of amides is 1. The fourth-order valence-electron chi connectivity index (χ4n) is 3.39. The monoisotopic (exact) mass is 404 g/mol. The molecule has 7 heteroatoms. The van der Waals surface area contributed by atoms with Crippen molar-refractivity contribution in [1.82, 2.24) is 9.62 Å². The van der Waals surface area contributed by atoms with Gasteiger partial charge in [0.05, 0.1) is 5.75 Å². The summed E-state index contributed by atoms with van der Waals surface area (Å²) in [5.41, 5.74) is 2.59. The maximum Gasteiger partial charge on any atom is 0.223 e. The van der Waals surface area contributed by atoms with E-state index < -0.39 is 10.0 Å². The van der Waals surface area contributed by atoms with E-state index in [0.717, 1.165) is 16.7 Å². The Bertz CT molecular complexity index is 921. The number of sulfonamides is 1. The molecular formula is C21H25FN2O3S. The molecular weight excluding hydrogens is 379 g/mol. The SMILES string of the molecule is Cc1ccccc1CS(=O)(=O)N1CCC(C(=O)NCc2ccc(F)cc2)CC1. The number of halogens is 1. The van der Waals surface area contributed by atoms with E-state index in [2.05, 4.69) is 5.32 Å². The fraction of sp³-hybridized carbons (Fsp3) is 0.381. The summed E-state index contributed by atoms with van der Waals surface area (Å²) in [4.78, 5) is 12.4. The van der Waals surface area contributed by atoms with Crippen molar-refractivity contribution >= 4 is 15.9 Å². The first-order valence-corrected chi connectivity index (χ1v) is 11.0. The van der Waals surface area contributed by atoms with Crippen molar-refractivity contribution in [2.45, 2.75) is 32.1 Å². The number of hydrogen-bond acceptors (Lipinski definition) is 3. The molecule has 1 heterocycles. The van der Waals surface area contributed by atoms with Gasteiger partial charge in [-0.1, -0.05) is 36.4 Å². The molecule has 3 rings (SSSR count). The topological polar surface area (TPSA) is 66.5 Å². The van der Waals surface area contributed by atoms with Gasteiger partial charge in [-0.05, 0) is 48.6 Å². The van der Waals surface area contributed by atoms with Crippen molar-refractivity contribution in [3.63, 3.8) is 0 Å². The largest absolute Gasteiger partial charge is 0.352 e. The van der Waals surface area contributed by atoms with Gasteiger partial charge in [0.15, 0.2) is 0 Å². The molecule has 28 heavy (non-hydrogen) atoms. The van der Waals surface area contributed by atoms with Gasteiger partial charge in [0.1, 0.15) is 5.82 Å². The number of hydrogen-bond donors (Lipinski definition) is 1. The Morgan fingerprint density at radius 3 is 2.39 bits per heavy atom. The molecule has 1 amide bonds. The highest BCUT2D eigenvalue weighted by Crippen LogP contribution is 2.23. The minimum atomic E-state index is -3.40. The van der Waals surface area contributed by atoms with Crippen LogP contribution in [-0.2, 0) is 27.1 Å². The van der Waals surface area contributed by atoms with E-state index in [1.54, 1.807) is 12.1 Å². The van der Waals surface area contributed by atoms with E-state index in [1.807, 2.05) is 31.2 Å². The second kappa shape index (κ2) is 8.84. The average Bonchev–Trinajstić information content (AvgIpc) is 2.69. The zero-order valence-corrected chi connectivity index (χ0v) is 16.7. The second-order valence-electron chi connectivity index (χ2n) is 7.20. The van der Waals surface area contributed by atoms with Gasteiger partial charge in [0.2, 0.25) is 15.9 Å². The van der Waals surface area contributed by atoms with Gasteiger partial charge < -0.3 is 5.32 Å². The molecule has 0 radical (unpaired) electrons. The van der Waals surface area contributed by atoms with Crippen LogP contribution in [0.15, 0.2) is 48.5 Å². The van der Waals surface area contributed by atoms with Crippen molar-refractivity contribution in [2.24, 2.45) is 5.92 Å². The van der Waals surface area contributed by atoms with Crippen LogP contribution in [0.3, 0.4) is 0 Å². The summed E-state index contributed by atoms with van der Waals surface area (Å²) in [6, 6.07) is 13.5. The van der Waals surface area contributed by atoms with Gasteiger partial charge in [-0.2, -0.15) is 0 Å². The predicted octanol–water partition coefficient (Wildman–Crippen LogP) is 2.99. The Balaban J connectivity index is 1.51. The Morgan fingerprint density at radius 2 is 1.75 bits per heavy atom. The van der Waals surface area contributed by atoms with E-state index in [1.165, 1.54) is 16.4 Å². The van der Waals surface area contributed by atoms with Crippen LogP contribution < -0.4 is 5.32 Å². The summed E-state index contributed by atoms with van der Waals surface area (Å²) in [5, 5.41) is 2.86. The lowest BCUT2D eigenvalue weighted by Gasteiger charge is -2.30. The van der Waals surface area contributed by atoms with E-state index >= 15 is 0 Å². The molecule has 150 valence electrons. The van der Waals surface area contributed by atoms with Gasteiger partial charge in [0, 0.05) is 25.6 Å². The van der Waals surface area contributed by atoms with E-state index in [-0.39, 0.29) is 23.4 Å². The van der Waals surface area contributed by atoms with Crippen LogP contribution in [0.4, 0.5) is 4.39 Å². The molecule has 1 aliphatic rings. The van der Waals surface area contributed by atoms with Crippen molar-refractivity contribution < 1.29 is 17.6 Å². The first kappa shape index (κ1) is 20.5. The molecule has 1 N–H and O–H groups in total. The third-order valence-corrected chi connectivity index (χ3v) is 7.03. The van der Waals surface area contributed by atoms with Crippen LogP contribution >= 0.6 is 0 Å². The summed E-state index contributed by atoms with van der Waals surface area (Å²) < 4.78 is 39.9. The molecule has 2 aromatic carbocycles. The lowest BCUT2D eigenvalue weighted by atomic mass is 9.97. The summed E-state index contributed by atoms with van der Waals surface area (Å²) in [7, 11) is -3.40.